The molecule has 0 radical (unpaired) electrons. The number of allylic oxidation sites excluding steroid dienone is 2. The molecule has 3 nitrogen and oxygen atoms in total. The zero-order chi connectivity index (χ0) is 20.1. The van der Waals surface area contributed by atoms with Crippen LogP contribution in [0.15, 0.2) is 77.8 Å². The fourth-order valence-electron chi connectivity index (χ4n) is 3.71. The van der Waals surface area contributed by atoms with Gasteiger partial charge in [0, 0.05) is 43.9 Å². The lowest BCUT2D eigenvalue weighted by molar-refractivity contribution is 0.385. The molecule has 0 amide bonds. The van der Waals surface area contributed by atoms with Crippen molar-refractivity contribution in [1.82, 2.24) is 4.90 Å². The second-order valence-electron chi connectivity index (χ2n) is 7.74. The summed E-state index contributed by atoms with van der Waals surface area (Å²) in [5.41, 5.74) is 4.86. The minimum atomic E-state index is 0.284. The standard InChI is InChI=1S/C25H31N3/c1-6-26-22-13-7-19(8-14-22)25(20-9-15-23(16-10-20)27(2)3)21-11-17-24(18-12-21)28(4)5/h6-18,20,23,25H,1-5H3/b26-6+. The predicted octanol–water partition coefficient (Wildman–Crippen LogP) is 5.28. The molecule has 0 N–H and O–H groups in total. The topological polar surface area (TPSA) is 18.8 Å². The average molecular weight is 374 g/mol. The predicted molar refractivity (Wildman–Crippen MR) is 122 cm³/mol. The maximum atomic E-state index is 4.39. The molecule has 0 saturated heterocycles. The molecule has 0 aromatic heterocycles. The van der Waals surface area contributed by atoms with Gasteiger partial charge in [-0.3, -0.25) is 9.89 Å². The van der Waals surface area contributed by atoms with E-state index in [0.717, 1.165) is 5.69 Å². The van der Waals surface area contributed by atoms with Crippen LogP contribution < -0.4 is 4.90 Å². The van der Waals surface area contributed by atoms with E-state index in [9.17, 15) is 0 Å². The Morgan fingerprint density at radius 2 is 1.32 bits per heavy atom. The van der Waals surface area contributed by atoms with Crippen LogP contribution in [0.25, 0.3) is 0 Å². The van der Waals surface area contributed by atoms with E-state index in [1.165, 1.54) is 16.8 Å². The SMILES string of the molecule is C/C=N/c1ccc(C(c2ccc(N(C)C)cc2)C2C=CC(N(C)C)C=C2)cc1. The van der Waals surface area contributed by atoms with Gasteiger partial charge in [0.05, 0.1) is 5.69 Å². The van der Waals surface area contributed by atoms with Gasteiger partial charge in [-0.05, 0) is 56.4 Å². The second kappa shape index (κ2) is 9.03. The average Bonchev–Trinajstić information content (AvgIpc) is 2.70. The van der Waals surface area contributed by atoms with E-state index < -0.39 is 0 Å². The van der Waals surface area contributed by atoms with Crippen molar-refractivity contribution < 1.29 is 0 Å². The summed E-state index contributed by atoms with van der Waals surface area (Å²) >= 11 is 0. The van der Waals surface area contributed by atoms with Gasteiger partial charge in [-0.25, -0.2) is 0 Å². The molecule has 3 heteroatoms. The summed E-state index contributed by atoms with van der Waals surface area (Å²) in [6, 6.07) is 17.9. The molecule has 1 aliphatic carbocycles. The van der Waals surface area contributed by atoms with Crippen LogP contribution in [-0.2, 0) is 0 Å². The molecular weight excluding hydrogens is 342 g/mol. The Morgan fingerprint density at radius 3 is 1.79 bits per heavy atom. The molecule has 28 heavy (non-hydrogen) atoms. The summed E-state index contributed by atoms with van der Waals surface area (Å²) < 4.78 is 0. The van der Waals surface area contributed by atoms with Crippen molar-refractivity contribution >= 4 is 17.6 Å². The Labute approximate surface area is 169 Å². The minimum absolute atomic E-state index is 0.284. The first kappa shape index (κ1) is 20.1. The molecule has 0 spiro atoms. The molecule has 3 rings (SSSR count). The molecule has 1 aliphatic rings. The third-order valence-corrected chi connectivity index (χ3v) is 5.34. The van der Waals surface area contributed by atoms with Gasteiger partial charge in [0.2, 0.25) is 0 Å². The Morgan fingerprint density at radius 1 is 0.786 bits per heavy atom. The van der Waals surface area contributed by atoms with Crippen LogP contribution in [0.5, 0.6) is 0 Å². The van der Waals surface area contributed by atoms with Crippen LogP contribution in [0.2, 0.25) is 0 Å². The Balaban J connectivity index is 1.96. The number of hydrogen-bond donors (Lipinski definition) is 0. The molecule has 0 bridgehead atoms. The van der Waals surface area contributed by atoms with Gasteiger partial charge in [-0.15, -0.1) is 0 Å². The zero-order valence-corrected chi connectivity index (χ0v) is 17.6. The number of hydrogen-bond acceptors (Lipinski definition) is 3. The van der Waals surface area contributed by atoms with Gasteiger partial charge >= 0.3 is 0 Å². The summed E-state index contributed by atoms with van der Waals surface area (Å²) in [5.74, 6) is 0.619. The first-order chi connectivity index (χ1) is 13.5. The Kier molecular flexibility index (Phi) is 6.48. The van der Waals surface area contributed by atoms with Crippen molar-refractivity contribution in [3.63, 3.8) is 0 Å². The van der Waals surface area contributed by atoms with Crippen LogP contribution in [0, 0.1) is 5.92 Å². The highest BCUT2D eigenvalue weighted by molar-refractivity contribution is 5.60. The highest BCUT2D eigenvalue weighted by atomic mass is 15.1. The zero-order valence-electron chi connectivity index (χ0n) is 17.6. The second-order valence-corrected chi connectivity index (χ2v) is 7.74. The van der Waals surface area contributed by atoms with Crippen molar-refractivity contribution in [2.24, 2.45) is 10.9 Å². The van der Waals surface area contributed by atoms with E-state index in [1.54, 1.807) is 0 Å². The van der Waals surface area contributed by atoms with E-state index in [2.05, 4.69) is 116 Å². The summed E-state index contributed by atoms with van der Waals surface area (Å²) in [6.45, 7) is 1.95. The highest BCUT2D eigenvalue weighted by Crippen LogP contribution is 2.37. The molecule has 1 atom stereocenters. The first-order valence-corrected chi connectivity index (χ1v) is 9.88. The Hall–Kier alpha value is -2.65. The number of rotatable bonds is 6. The van der Waals surface area contributed by atoms with Gasteiger partial charge in [0.25, 0.3) is 0 Å². The number of anilines is 1. The van der Waals surface area contributed by atoms with Crippen molar-refractivity contribution in [2.75, 3.05) is 33.1 Å². The molecular formula is C25H31N3. The van der Waals surface area contributed by atoms with Crippen molar-refractivity contribution in [2.45, 2.75) is 18.9 Å². The van der Waals surface area contributed by atoms with Crippen molar-refractivity contribution in [3.8, 4) is 0 Å². The number of nitrogens with zero attached hydrogens (tertiary/aromatic N) is 3. The summed E-state index contributed by atoms with van der Waals surface area (Å²) in [6.07, 6.45) is 11.2. The fourth-order valence-corrected chi connectivity index (χ4v) is 3.71. The van der Waals surface area contributed by atoms with Gasteiger partial charge in [0.15, 0.2) is 0 Å². The maximum Gasteiger partial charge on any atom is 0.0625 e. The van der Waals surface area contributed by atoms with Gasteiger partial charge in [-0.2, -0.15) is 0 Å². The summed E-state index contributed by atoms with van der Waals surface area (Å²) in [7, 11) is 8.38. The number of aliphatic imine (C=N–C) groups is 1. The largest absolute Gasteiger partial charge is 0.378 e. The van der Waals surface area contributed by atoms with E-state index in [1.807, 2.05) is 13.1 Å². The minimum Gasteiger partial charge on any atom is -0.378 e. The molecule has 0 saturated carbocycles. The van der Waals surface area contributed by atoms with Crippen LogP contribution in [-0.4, -0.2) is 45.3 Å². The van der Waals surface area contributed by atoms with Gasteiger partial charge < -0.3 is 4.90 Å². The van der Waals surface area contributed by atoms with Gasteiger partial charge in [0.1, 0.15) is 0 Å². The van der Waals surface area contributed by atoms with Crippen LogP contribution in [0.3, 0.4) is 0 Å². The summed E-state index contributed by atoms with van der Waals surface area (Å²) in [4.78, 5) is 8.75. The lowest BCUT2D eigenvalue weighted by Gasteiger charge is -2.29. The Bertz CT molecular complexity index is 828. The van der Waals surface area contributed by atoms with Gasteiger partial charge in [-0.1, -0.05) is 48.6 Å². The number of likely N-dealkylation sites (N-methyl/N-ethyl adjacent to an activating group) is 1. The fraction of sp³-hybridized carbons (Fsp3) is 0.320. The monoisotopic (exact) mass is 373 g/mol. The maximum absolute atomic E-state index is 4.39. The van der Waals surface area contributed by atoms with E-state index in [4.69, 9.17) is 0 Å². The van der Waals surface area contributed by atoms with Crippen molar-refractivity contribution in [1.29, 1.82) is 0 Å². The number of benzene rings is 2. The van der Waals surface area contributed by atoms with E-state index >= 15 is 0 Å². The van der Waals surface area contributed by atoms with Crippen LogP contribution in [0.4, 0.5) is 11.4 Å². The lowest BCUT2D eigenvalue weighted by Crippen LogP contribution is -2.26. The molecule has 2 aromatic rings. The molecule has 146 valence electrons. The molecule has 1 unspecified atom stereocenters. The van der Waals surface area contributed by atoms with E-state index in [-0.39, 0.29) is 5.92 Å². The molecule has 0 fully saturated rings. The van der Waals surface area contributed by atoms with Crippen molar-refractivity contribution in [3.05, 3.63) is 84.0 Å². The third kappa shape index (κ3) is 4.60. The molecule has 0 aliphatic heterocycles. The van der Waals surface area contributed by atoms with Crippen LogP contribution in [0.1, 0.15) is 24.0 Å². The quantitative estimate of drug-likeness (QED) is 0.507. The highest BCUT2D eigenvalue weighted by Gasteiger charge is 2.24. The third-order valence-electron chi connectivity index (χ3n) is 5.34. The first-order valence-electron chi connectivity index (χ1n) is 9.88. The normalized spacial score (nSPS) is 20.1. The summed E-state index contributed by atoms with van der Waals surface area (Å²) in [5, 5.41) is 0. The smallest absolute Gasteiger partial charge is 0.0625 e. The molecule has 2 aromatic carbocycles. The van der Waals surface area contributed by atoms with Crippen LogP contribution >= 0.6 is 0 Å². The van der Waals surface area contributed by atoms with E-state index in [0.29, 0.717) is 12.0 Å². The lowest BCUT2D eigenvalue weighted by atomic mass is 9.78. The molecule has 0 heterocycles.